The topological polar surface area (TPSA) is 12.9 Å². The van der Waals surface area contributed by atoms with Gasteiger partial charge in [0.2, 0.25) is 0 Å². The van der Waals surface area contributed by atoms with Crippen LogP contribution in [0.5, 0.6) is 0 Å². The van der Waals surface area contributed by atoms with Crippen molar-refractivity contribution in [2.45, 2.75) is 6.42 Å². The van der Waals surface area contributed by atoms with Crippen LogP contribution < -0.4 is 0 Å². The highest BCUT2D eigenvalue weighted by Crippen LogP contribution is 2.16. The fourth-order valence-electron chi connectivity index (χ4n) is 0.604. The van der Waals surface area contributed by atoms with Crippen LogP contribution in [-0.2, 0) is 6.42 Å². The molecule has 1 rings (SSSR count). The summed E-state index contributed by atoms with van der Waals surface area (Å²) in [5.41, 5.74) is 1.20. The fraction of sp³-hybridized carbons (Fsp3) is 0.500. The maximum Gasteiger partial charge on any atom is 0.159 e. The third kappa shape index (κ3) is 2.60. The molecule has 1 nitrogen and oxygen atoms in total. The Morgan fingerprint density at radius 2 is 2.60 bits per heavy atom. The van der Waals surface area contributed by atoms with Gasteiger partial charge >= 0.3 is 0 Å². The smallest absolute Gasteiger partial charge is 0.159 e. The predicted molar refractivity (Wildman–Crippen MR) is 51.9 cm³/mol. The van der Waals surface area contributed by atoms with Gasteiger partial charge in [0.1, 0.15) is 0 Å². The standard InChI is InChI=1S/C6H8BrNS2/c1-9-3-2-5-4-10-6(7)8-5/h4H,2-3H2,1H3. The molecule has 1 heterocycles. The molecule has 0 radical (unpaired) electrons. The van der Waals surface area contributed by atoms with Gasteiger partial charge in [0.05, 0.1) is 5.69 Å². The molecule has 0 spiro atoms. The van der Waals surface area contributed by atoms with Gasteiger partial charge in [0.15, 0.2) is 3.92 Å². The molecule has 0 unspecified atom stereocenters. The molecule has 4 heteroatoms. The summed E-state index contributed by atoms with van der Waals surface area (Å²) in [6.07, 6.45) is 3.20. The normalized spacial score (nSPS) is 10.2. The van der Waals surface area contributed by atoms with E-state index in [0.717, 1.165) is 16.1 Å². The molecule has 0 fully saturated rings. The minimum atomic E-state index is 0.989. The van der Waals surface area contributed by atoms with Crippen molar-refractivity contribution in [1.29, 1.82) is 0 Å². The molecule has 0 aliphatic rings. The molecule has 56 valence electrons. The summed E-state index contributed by atoms with van der Waals surface area (Å²) < 4.78 is 0.989. The van der Waals surface area contributed by atoms with E-state index in [2.05, 4.69) is 32.5 Å². The lowest BCUT2D eigenvalue weighted by molar-refractivity contribution is 1.07. The Morgan fingerprint density at radius 1 is 1.80 bits per heavy atom. The van der Waals surface area contributed by atoms with Crippen LogP contribution in [0.1, 0.15) is 5.69 Å². The van der Waals surface area contributed by atoms with Gasteiger partial charge in [-0.05, 0) is 34.4 Å². The summed E-state index contributed by atoms with van der Waals surface area (Å²) in [6.45, 7) is 0. The highest BCUT2D eigenvalue weighted by Gasteiger charge is 1.96. The second-order valence-corrected chi connectivity index (χ2v) is 4.95. The van der Waals surface area contributed by atoms with Gasteiger partial charge in [-0.2, -0.15) is 11.8 Å². The first-order valence-corrected chi connectivity index (χ1v) is 5.98. The maximum absolute atomic E-state index is 4.27. The molecule has 0 aliphatic carbocycles. The second-order valence-electron chi connectivity index (χ2n) is 1.83. The predicted octanol–water partition coefficient (Wildman–Crippen LogP) is 2.81. The minimum Gasteiger partial charge on any atom is -0.234 e. The van der Waals surface area contributed by atoms with Gasteiger partial charge in [-0.3, -0.25) is 0 Å². The van der Waals surface area contributed by atoms with E-state index >= 15 is 0 Å². The van der Waals surface area contributed by atoms with Gasteiger partial charge in [-0.1, -0.05) is 0 Å². The van der Waals surface area contributed by atoms with Crippen molar-refractivity contribution < 1.29 is 0 Å². The summed E-state index contributed by atoms with van der Waals surface area (Å²) in [5.74, 6) is 1.16. The Balaban J connectivity index is 2.42. The van der Waals surface area contributed by atoms with Crippen molar-refractivity contribution in [3.05, 3.63) is 15.0 Å². The summed E-state index contributed by atoms with van der Waals surface area (Å²) in [7, 11) is 0. The van der Waals surface area contributed by atoms with Crippen molar-refractivity contribution in [2.24, 2.45) is 0 Å². The number of thiazole rings is 1. The van der Waals surface area contributed by atoms with E-state index in [0.29, 0.717) is 0 Å². The lowest BCUT2D eigenvalue weighted by atomic mass is 10.4. The Bertz CT molecular complexity index is 199. The zero-order valence-electron chi connectivity index (χ0n) is 5.63. The summed E-state index contributed by atoms with van der Waals surface area (Å²) in [4.78, 5) is 4.27. The lowest BCUT2D eigenvalue weighted by Gasteiger charge is -1.89. The molecule has 0 N–H and O–H groups in total. The zero-order valence-corrected chi connectivity index (χ0v) is 8.85. The molecule has 0 aliphatic heterocycles. The van der Waals surface area contributed by atoms with Crippen molar-refractivity contribution in [3.63, 3.8) is 0 Å². The molecular formula is C6H8BrNS2. The lowest BCUT2D eigenvalue weighted by Crippen LogP contribution is -1.86. The number of hydrogen-bond donors (Lipinski definition) is 0. The third-order valence-electron chi connectivity index (χ3n) is 1.09. The van der Waals surface area contributed by atoms with Gasteiger partial charge in [-0.25, -0.2) is 4.98 Å². The maximum atomic E-state index is 4.27. The molecule has 10 heavy (non-hydrogen) atoms. The van der Waals surface area contributed by atoms with Crippen LogP contribution in [0.4, 0.5) is 0 Å². The van der Waals surface area contributed by atoms with Crippen molar-refractivity contribution >= 4 is 39.0 Å². The van der Waals surface area contributed by atoms with Crippen LogP contribution in [0.2, 0.25) is 0 Å². The van der Waals surface area contributed by atoms with Crippen LogP contribution in [-0.4, -0.2) is 17.0 Å². The van der Waals surface area contributed by atoms with Crippen molar-refractivity contribution in [3.8, 4) is 0 Å². The Labute approximate surface area is 77.4 Å². The van der Waals surface area contributed by atoms with Crippen LogP contribution in [0.15, 0.2) is 9.30 Å². The molecular weight excluding hydrogens is 230 g/mol. The highest BCUT2D eigenvalue weighted by molar-refractivity contribution is 9.11. The number of rotatable bonds is 3. The molecule has 0 aromatic carbocycles. The van der Waals surface area contributed by atoms with Gasteiger partial charge in [-0.15, -0.1) is 11.3 Å². The minimum absolute atomic E-state index is 0.989. The van der Waals surface area contributed by atoms with Crippen LogP contribution >= 0.6 is 39.0 Å². The Morgan fingerprint density at radius 3 is 3.10 bits per heavy atom. The molecule has 0 saturated heterocycles. The van der Waals surface area contributed by atoms with E-state index in [9.17, 15) is 0 Å². The summed E-state index contributed by atoms with van der Waals surface area (Å²) in [5, 5.41) is 2.10. The number of aromatic nitrogens is 1. The monoisotopic (exact) mass is 237 g/mol. The van der Waals surface area contributed by atoms with E-state index in [1.54, 1.807) is 11.3 Å². The van der Waals surface area contributed by atoms with E-state index < -0.39 is 0 Å². The largest absolute Gasteiger partial charge is 0.234 e. The molecule has 0 amide bonds. The van der Waals surface area contributed by atoms with E-state index in [-0.39, 0.29) is 0 Å². The number of halogens is 1. The first kappa shape index (κ1) is 8.56. The van der Waals surface area contributed by atoms with Gasteiger partial charge in [0, 0.05) is 5.38 Å². The highest BCUT2D eigenvalue weighted by atomic mass is 79.9. The van der Waals surface area contributed by atoms with Crippen LogP contribution in [0, 0.1) is 0 Å². The Hall–Kier alpha value is 0.460. The van der Waals surface area contributed by atoms with Gasteiger partial charge in [0.25, 0.3) is 0 Å². The molecule has 1 aromatic rings. The number of thioether (sulfide) groups is 1. The number of hydrogen-bond acceptors (Lipinski definition) is 3. The zero-order chi connectivity index (χ0) is 7.40. The first-order chi connectivity index (χ1) is 4.83. The van der Waals surface area contributed by atoms with E-state index in [1.165, 1.54) is 5.69 Å². The average molecular weight is 238 g/mol. The van der Waals surface area contributed by atoms with E-state index in [4.69, 9.17) is 0 Å². The SMILES string of the molecule is CSCCc1csc(Br)n1. The molecule has 0 atom stereocenters. The molecule has 0 saturated carbocycles. The van der Waals surface area contributed by atoms with Crippen molar-refractivity contribution in [2.75, 3.05) is 12.0 Å². The second kappa shape index (κ2) is 4.36. The van der Waals surface area contributed by atoms with Crippen molar-refractivity contribution in [1.82, 2.24) is 4.98 Å². The summed E-state index contributed by atoms with van der Waals surface area (Å²) >= 11 is 6.83. The number of aryl methyl sites for hydroxylation is 1. The summed E-state index contributed by atoms with van der Waals surface area (Å²) in [6, 6.07) is 0. The number of nitrogens with zero attached hydrogens (tertiary/aromatic N) is 1. The quantitative estimate of drug-likeness (QED) is 0.803. The van der Waals surface area contributed by atoms with Gasteiger partial charge < -0.3 is 0 Å². The van der Waals surface area contributed by atoms with E-state index in [1.807, 2.05) is 11.8 Å². The fourth-order valence-corrected chi connectivity index (χ4v) is 2.10. The first-order valence-electron chi connectivity index (χ1n) is 2.92. The third-order valence-corrected chi connectivity index (χ3v) is 3.11. The molecule has 0 bridgehead atoms. The molecule has 1 aromatic heterocycles. The Kier molecular flexibility index (Phi) is 3.73. The van der Waals surface area contributed by atoms with Crippen LogP contribution in [0.25, 0.3) is 0 Å². The average Bonchev–Trinajstić information content (AvgIpc) is 2.31. The van der Waals surface area contributed by atoms with Crippen LogP contribution in [0.3, 0.4) is 0 Å².